The first-order valence-corrected chi connectivity index (χ1v) is 8.30. The van der Waals surface area contributed by atoms with E-state index in [1.807, 2.05) is 0 Å². The fourth-order valence-corrected chi connectivity index (χ4v) is 2.16. The minimum atomic E-state index is -1.55. The molecule has 0 aliphatic rings. The minimum Gasteiger partial charge on any atom is -0.545 e. The summed E-state index contributed by atoms with van der Waals surface area (Å²) in [6, 6.07) is 21.4. The van der Waals surface area contributed by atoms with E-state index in [2.05, 4.69) is 60.7 Å². The van der Waals surface area contributed by atoms with Gasteiger partial charge < -0.3 is 30.0 Å². The molecule has 8 nitrogen and oxygen atoms in total. The Hall–Kier alpha value is -2.46. The van der Waals surface area contributed by atoms with Crippen molar-refractivity contribution < 1.29 is 98.7 Å². The fourth-order valence-electron chi connectivity index (χ4n) is 2.16. The molecule has 0 radical (unpaired) electrons. The number of carboxylic acids is 4. The van der Waals surface area contributed by atoms with E-state index in [9.17, 15) is 29.4 Å². The predicted molar refractivity (Wildman–Crippen MR) is 105 cm³/mol. The van der Waals surface area contributed by atoms with E-state index in [1.54, 1.807) is 0 Å². The molecule has 0 amide bonds. The first kappa shape index (κ1) is 31.7. The second-order valence-electron chi connectivity index (χ2n) is 5.53. The summed E-state index contributed by atoms with van der Waals surface area (Å²) >= 11 is 0. The number of fused-ring (bicyclic) bond motifs is 2. The van der Waals surface area contributed by atoms with Gasteiger partial charge in [0, 0.05) is 12.2 Å². The van der Waals surface area contributed by atoms with Gasteiger partial charge in [-0.25, -0.2) is 9.59 Å². The number of hydrogen-bond acceptors (Lipinski definition) is 6. The van der Waals surface area contributed by atoms with E-state index in [4.69, 9.17) is 10.2 Å². The van der Waals surface area contributed by atoms with E-state index < -0.39 is 23.9 Å². The first-order chi connectivity index (χ1) is 14.2. The zero-order valence-corrected chi connectivity index (χ0v) is 21.4. The van der Waals surface area contributed by atoms with Gasteiger partial charge in [-0.05, 0) is 45.8 Å². The fraction of sp³-hybridized carbons (Fsp3) is 0. The molecule has 154 valence electrons. The molecule has 0 heterocycles. The zero-order valence-electron chi connectivity index (χ0n) is 17.4. The summed E-state index contributed by atoms with van der Waals surface area (Å²) in [6.45, 7) is 0. The third-order valence-electron chi connectivity index (χ3n) is 3.34. The maximum Gasteiger partial charge on any atom is 1.00 e. The molecular formula is C22H16Na2O8. The standard InChI is InChI=1S/C14H10.2C4H4O4.2Na/c1-2-6-12-10-14-8-4-3-7-13(14)9-11(12)5-1;2*5-3(6)1-2-4(7)8;;/h1-10H;2*1-2H,(H,5,6)(H,7,8);;/q;;;2*+1/p-2. The van der Waals surface area contributed by atoms with Crippen molar-refractivity contribution in [3.8, 4) is 0 Å². The summed E-state index contributed by atoms with van der Waals surface area (Å²) in [6.07, 6.45) is 1.88. The second-order valence-corrected chi connectivity index (χ2v) is 5.53. The largest absolute Gasteiger partial charge is 1.00 e. The maximum atomic E-state index is 9.55. The number of hydrogen-bond donors (Lipinski definition) is 2. The predicted octanol–water partition coefficient (Wildman–Crippen LogP) is -5.24. The molecule has 10 heteroatoms. The number of rotatable bonds is 4. The van der Waals surface area contributed by atoms with Gasteiger partial charge in [0.25, 0.3) is 0 Å². The van der Waals surface area contributed by atoms with Crippen LogP contribution in [0.3, 0.4) is 0 Å². The van der Waals surface area contributed by atoms with Crippen molar-refractivity contribution in [3.63, 3.8) is 0 Å². The van der Waals surface area contributed by atoms with Crippen LogP contribution < -0.4 is 69.3 Å². The van der Waals surface area contributed by atoms with Crippen LogP contribution in [0.5, 0.6) is 0 Å². The monoisotopic (exact) mass is 454 g/mol. The van der Waals surface area contributed by atoms with Crippen molar-refractivity contribution in [1.82, 2.24) is 0 Å². The van der Waals surface area contributed by atoms with Crippen LogP contribution >= 0.6 is 0 Å². The molecule has 3 aromatic carbocycles. The van der Waals surface area contributed by atoms with Gasteiger partial charge in [0.2, 0.25) is 0 Å². The van der Waals surface area contributed by atoms with Gasteiger partial charge in [-0.2, -0.15) is 0 Å². The van der Waals surface area contributed by atoms with Gasteiger partial charge in [-0.1, -0.05) is 48.5 Å². The average Bonchev–Trinajstić information content (AvgIpc) is 2.70. The minimum absolute atomic E-state index is 0. The summed E-state index contributed by atoms with van der Waals surface area (Å²) in [5, 5.41) is 39.7. The Morgan fingerprint density at radius 2 is 0.812 bits per heavy atom. The second kappa shape index (κ2) is 17.1. The van der Waals surface area contributed by atoms with Gasteiger partial charge in [0.15, 0.2) is 0 Å². The van der Waals surface area contributed by atoms with Crippen molar-refractivity contribution >= 4 is 45.4 Å². The van der Waals surface area contributed by atoms with Crippen LogP contribution in [0.4, 0.5) is 0 Å². The molecule has 32 heavy (non-hydrogen) atoms. The van der Waals surface area contributed by atoms with E-state index in [-0.39, 0.29) is 59.1 Å². The number of carboxylic acid groups (broad SMARTS) is 4. The van der Waals surface area contributed by atoms with Crippen molar-refractivity contribution in [1.29, 1.82) is 0 Å². The van der Waals surface area contributed by atoms with Gasteiger partial charge in [-0.15, -0.1) is 0 Å². The normalized spacial score (nSPS) is 9.50. The zero-order chi connectivity index (χ0) is 22.5. The molecule has 0 atom stereocenters. The Kier molecular flexibility index (Phi) is 17.0. The molecule has 0 aliphatic carbocycles. The van der Waals surface area contributed by atoms with Crippen LogP contribution in [-0.2, 0) is 19.2 Å². The Bertz CT molecular complexity index is 952. The van der Waals surface area contributed by atoms with Gasteiger partial charge in [0.1, 0.15) is 0 Å². The Balaban J connectivity index is 0. The summed E-state index contributed by atoms with van der Waals surface area (Å²) in [4.78, 5) is 37.9. The van der Waals surface area contributed by atoms with Crippen molar-refractivity contribution in [2.75, 3.05) is 0 Å². The third kappa shape index (κ3) is 13.8. The number of carbonyl (C=O) groups excluding carboxylic acids is 2. The molecule has 0 aromatic heterocycles. The van der Waals surface area contributed by atoms with Crippen LogP contribution in [0.25, 0.3) is 21.5 Å². The van der Waals surface area contributed by atoms with Crippen molar-refractivity contribution in [3.05, 3.63) is 85.0 Å². The molecule has 0 saturated heterocycles. The number of aliphatic carboxylic acids is 4. The molecule has 0 bridgehead atoms. The Labute approximate surface area is 227 Å². The van der Waals surface area contributed by atoms with Crippen LogP contribution in [0.15, 0.2) is 85.0 Å². The SMILES string of the molecule is O=C(O)C=CC(=O)O.O=C([O-])C=CC(=O)[O-].[Na+].[Na+].c1ccc2cc3ccccc3cc2c1. The van der Waals surface area contributed by atoms with Gasteiger partial charge >= 0.3 is 71.1 Å². The summed E-state index contributed by atoms with van der Waals surface area (Å²) in [7, 11) is 0. The van der Waals surface area contributed by atoms with Crippen LogP contribution in [0, 0.1) is 0 Å². The topological polar surface area (TPSA) is 155 Å². The first-order valence-electron chi connectivity index (χ1n) is 8.30. The molecule has 0 spiro atoms. The number of benzene rings is 3. The smallest absolute Gasteiger partial charge is 0.545 e. The average molecular weight is 454 g/mol. The molecule has 2 N–H and O–H groups in total. The summed E-state index contributed by atoms with van der Waals surface area (Å²) in [5.41, 5.74) is 0. The van der Waals surface area contributed by atoms with Gasteiger partial charge in [-0.3, -0.25) is 0 Å². The summed E-state index contributed by atoms with van der Waals surface area (Å²) < 4.78 is 0. The maximum absolute atomic E-state index is 9.55. The molecule has 3 rings (SSSR count). The van der Waals surface area contributed by atoms with Crippen LogP contribution in [0.2, 0.25) is 0 Å². The molecule has 0 fully saturated rings. The Morgan fingerprint density at radius 3 is 1.00 bits per heavy atom. The molecular weight excluding hydrogens is 438 g/mol. The molecule has 0 unspecified atom stereocenters. The third-order valence-corrected chi connectivity index (χ3v) is 3.34. The quantitative estimate of drug-likeness (QED) is 0.225. The molecule has 0 aliphatic heterocycles. The molecule has 3 aromatic rings. The van der Waals surface area contributed by atoms with E-state index in [0.29, 0.717) is 24.3 Å². The van der Waals surface area contributed by atoms with Crippen LogP contribution in [0.1, 0.15) is 0 Å². The van der Waals surface area contributed by atoms with Crippen LogP contribution in [-0.4, -0.2) is 34.1 Å². The Morgan fingerprint density at radius 1 is 0.562 bits per heavy atom. The summed E-state index contributed by atoms with van der Waals surface area (Å²) in [5.74, 6) is -5.61. The van der Waals surface area contributed by atoms with E-state index >= 15 is 0 Å². The van der Waals surface area contributed by atoms with Crippen molar-refractivity contribution in [2.45, 2.75) is 0 Å². The number of carbonyl (C=O) groups is 4. The van der Waals surface area contributed by atoms with E-state index in [0.717, 1.165) is 0 Å². The molecule has 0 saturated carbocycles. The van der Waals surface area contributed by atoms with E-state index in [1.165, 1.54) is 21.5 Å². The van der Waals surface area contributed by atoms with Crippen molar-refractivity contribution in [2.24, 2.45) is 0 Å². The van der Waals surface area contributed by atoms with Gasteiger partial charge in [0.05, 0.1) is 11.9 Å².